The van der Waals surface area contributed by atoms with Crippen LogP contribution in [0.1, 0.15) is 22.0 Å². The number of carbonyl (C=O) groups excluding carboxylic acids is 2. The summed E-state index contributed by atoms with van der Waals surface area (Å²) in [7, 11) is -2.96. The lowest BCUT2D eigenvalue weighted by Crippen LogP contribution is -2.31. The van der Waals surface area contributed by atoms with Crippen LogP contribution in [-0.4, -0.2) is 32.5 Å². The molecule has 0 saturated carbocycles. The maximum Gasteiger partial charge on any atom is 0.337 e. The number of sulfone groups is 1. The van der Waals surface area contributed by atoms with Crippen molar-refractivity contribution in [2.75, 3.05) is 12.0 Å². The number of anilines is 1. The zero-order chi connectivity index (χ0) is 22.9. The Bertz CT molecular complexity index is 1300. The number of ether oxygens (including phenoxy) is 1. The molecule has 0 aromatic heterocycles. The van der Waals surface area contributed by atoms with Gasteiger partial charge in [0.25, 0.3) is 5.91 Å². The van der Waals surface area contributed by atoms with Gasteiger partial charge in [-0.3, -0.25) is 9.69 Å². The van der Waals surface area contributed by atoms with Crippen LogP contribution >= 0.6 is 0 Å². The minimum absolute atomic E-state index is 0.0413. The molecule has 0 saturated heterocycles. The predicted octanol–water partition coefficient (Wildman–Crippen LogP) is 3.80. The molecule has 0 bridgehead atoms. The predicted molar refractivity (Wildman–Crippen MR) is 118 cm³/mol. The number of aliphatic hydroxyl groups excluding tert-OH is 1. The molecule has 7 nitrogen and oxygen atoms in total. The van der Waals surface area contributed by atoms with Crippen molar-refractivity contribution in [1.82, 2.24) is 0 Å². The van der Waals surface area contributed by atoms with Crippen molar-refractivity contribution >= 4 is 27.4 Å². The highest BCUT2D eigenvalue weighted by Crippen LogP contribution is 2.44. The van der Waals surface area contributed by atoms with Crippen LogP contribution in [0.5, 0.6) is 0 Å². The van der Waals surface area contributed by atoms with E-state index in [9.17, 15) is 23.1 Å². The van der Waals surface area contributed by atoms with Crippen molar-refractivity contribution in [3.8, 4) is 0 Å². The van der Waals surface area contributed by atoms with Gasteiger partial charge < -0.3 is 9.84 Å². The molecule has 3 aromatic rings. The van der Waals surface area contributed by atoms with Gasteiger partial charge in [-0.15, -0.1) is 0 Å². The Balaban J connectivity index is 1.91. The van der Waals surface area contributed by atoms with Crippen LogP contribution in [0.2, 0.25) is 0 Å². The number of hydrogen-bond donors (Lipinski definition) is 1. The van der Waals surface area contributed by atoms with Crippen LogP contribution in [0.25, 0.3) is 0 Å². The molecule has 1 aliphatic heterocycles. The van der Waals surface area contributed by atoms with E-state index in [2.05, 4.69) is 0 Å². The van der Waals surface area contributed by atoms with E-state index in [1.165, 1.54) is 36.3 Å². The topological polar surface area (TPSA) is 101 Å². The number of amides is 1. The Morgan fingerprint density at radius 1 is 0.906 bits per heavy atom. The molecule has 0 unspecified atom stereocenters. The Morgan fingerprint density at radius 2 is 1.47 bits per heavy atom. The Morgan fingerprint density at radius 3 is 2.03 bits per heavy atom. The van der Waals surface area contributed by atoms with Gasteiger partial charge in [-0.05, 0) is 42.0 Å². The Labute approximate surface area is 185 Å². The number of rotatable bonds is 5. The zero-order valence-corrected chi connectivity index (χ0v) is 17.8. The molecular weight excluding hydrogens is 430 g/mol. The first-order valence-corrected chi connectivity index (χ1v) is 11.1. The summed E-state index contributed by atoms with van der Waals surface area (Å²) in [6.45, 7) is 0. The van der Waals surface area contributed by atoms with E-state index in [1.807, 2.05) is 0 Å². The number of methoxy groups -OCH3 is 1. The molecule has 0 spiro atoms. The van der Waals surface area contributed by atoms with Gasteiger partial charge in [-0.2, -0.15) is 0 Å². The second-order valence-electron chi connectivity index (χ2n) is 7.06. The molecule has 1 amide bonds. The molecule has 1 aliphatic rings. The minimum atomic E-state index is -4.21. The van der Waals surface area contributed by atoms with Crippen LogP contribution in [0.3, 0.4) is 0 Å². The second kappa shape index (κ2) is 8.32. The normalized spacial score (nSPS) is 16.3. The fourth-order valence-corrected chi connectivity index (χ4v) is 5.31. The maximum absolute atomic E-state index is 13.5. The lowest BCUT2D eigenvalue weighted by atomic mass is 10.0. The van der Waals surface area contributed by atoms with Crippen LogP contribution in [0, 0.1) is 0 Å². The summed E-state index contributed by atoms with van der Waals surface area (Å²) in [5.41, 5.74) is 1.10. The van der Waals surface area contributed by atoms with E-state index < -0.39 is 38.4 Å². The van der Waals surface area contributed by atoms with Crippen molar-refractivity contribution in [3.63, 3.8) is 0 Å². The number of benzene rings is 3. The van der Waals surface area contributed by atoms with E-state index in [-0.39, 0.29) is 10.5 Å². The molecule has 0 aliphatic carbocycles. The summed E-state index contributed by atoms with van der Waals surface area (Å²) in [4.78, 5) is 25.7. The first-order valence-electron chi connectivity index (χ1n) is 9.66. The van der Waals surface area contributed by atoms with Crippen molar-refractivity contribution < 1.29 is 27.9 Å². The minimum Gasteiger partial charge on any atom is -0.502 e. The van der Waals surface area contributed by atoms with Crippen molar-refractivity contribution in [1.29, 1.82) is 0 Å². The van der Waals surface area contributed by atoms with Gasteiger partial charge >= 0.3 is 5.97 Å². The Kier molecular flexibility index (Phi) is 5.54. The van der Waals surface area contributed by atoms with Crippen molar-refractivity contribution in [3.05, 3.63) is 107 Å². The lowest BCUT2D eigenvalue weighted by Gasteiger charge is -2.27. The number of hydrogen-bond acceptors (Lipinski definition) is 6. The van der Waals surface area contributed by atoms with E-state index in [0.29, 0.717) is 11.3 Å². The molecule has 1 N–H and O–H groups in total. The van der Waals surface area contributed by atoms with Crippen LogP contribution in [0.15, 0.2) is 100 Å². The standard InChI is InChI=1S/C24H19NO6S/c1-31-24(28)17-14-12-16(13-15-17)20-22(32(29,30)19-10-6-3-7-11-19)21(26)23(27)25(20)18-8-4-2-5-9-18/h2-15,20,26H,1H3/t20-/m0/s1. The molecule has 4 rings (SSSR count). The van der Waals surface area contributed by atoms with Crippen molar-refractivity contribution in [2.24, 2.45) is 0 Å². The molecular formula is C24H19NO6S. The SMILES string of the molecule is COC(=O)c1ccc([C@H]2C(S(=O)(=O)c3ccccc3)=C(O)C(=O)N2c2ccccc2)cc1. The van der Waals surface area contributed by atoms with Crippen molar-refractivity contribution in [2.45, 2.75) is 10.9 Å². The highest BCUT2D eigenvalue weighted by molar-refractivity contribution is 7.95. The monoisotopic (exact) mass is 449 g/mol. The van der Waals surface area contributed by atoms with Crippen LogP contribution in [-0.2, 0) is 19.4 Å². The van der Waals surface area contributed by atoms with Gasteiger partial charge in [0.15, 0.2) is 5.76 Å². The molecule has 0 radical (unpaired) electrons. The number of nitrogens with zero attached hydrogens (tertiary/aromatic N) is 1. The van der Waals surface area contributed by atoms with Gasteiger partial charge in [0.1, 0.15) is 10.9 Å². The number of aliphatic hydroxyl groups is 1. The summed E-state index contributed by atoms with van der Waals surface area (Å²) in [6, 6.07) is 21.0. The lowest BCUT2D eigenvalue weighted by molar-refractivity contribution is -0.117. The van der Waals surface area contributed by atoms with Gasteiger partial charge in [-0.1, -0.05) is 48.5 Å². The molecule has 32 heavy (non-hydrogen) atoms. The van der Waals surface area contributed by atoms with Crippen LogP contribution in [0.4, 0.5) is 5.69 Å². The number of carbonyl (C=O) groups is 2. The number of esters is 1. The highest BCUT2D eigenvalue weighted by atomic mass is 32.2. The van der Waals surface area contributed by atoms with E-state index in [1.54, 1.807) is 60.7 Å². The summed E-state index contributed by atoms with van der Waals surface area (Å²) < 4.78 is 31.7. The summed E-state index contributed by atoms with van der Waals surface area (Å²) in [5.74, 6) is -2.21. The second-order valence-corrected chi connectivity index (χ2v) is 8.97. The van der Waals surface area contributed by atoms with E-state index in [0.717, 1.165) is 0 Å². The molecule has 8 heteroatoms. The molecule has 1 atom stereocenters. The third-order valence-corrected chi connectivity index (χ3v) is 7.07. The highest BCUT2D eigenvalue weighted by Gasteiger charge is 2.47. The average molecular weight is 449 g/mol. The zero-order valence-electron chi connectivity index (χ0n) is 17.0. The quantitative estimate of drug-likeness (QED) is 0.595. The van der Waals surface area contributed by atoms with E-state index >= 15 is 0 Å². The maximum atomic E-state index is 13.5. The smallest absolute Gasteiger partial charge is 0.337 e. The van der Waals surface area contributed by atoms with E-state index in [4.69, 9.17) is 4.74 Å². The largest absolute Gasteiger partial charge is 0.502 e. The molecule has 1 heterocycles. The average Bonchev–Trinajstić information content (AvgIpc) is 3.11. The van der Waals surface area contributed by atoms with Gasteiger partial charge in [0.2, 0.25) is 9.84 Å². The third-order valence-electron chi connectivity index (χ3n) is 5.19. The molecule has 3 aromatic carbocycles. The van der Waals surface area contributed by atoms with Gasteiger partial charge in [0.05, 0.1) is 17.6 Å². The van der Waals surface area contributed by atoms with Crippen LogP contribution < -0.4 is 4.90 Å². The fourth-order valence-electron chi connectivity index (χ4n) is 3.66. The molecule has 162 valence electrons. The summed E-state index contributed by atoms with van der Waals surface area (Å²) >= 11 is 0. The first-order chi connectivity index (χ1) is 15.4. The molecule has 0 fully saturated rings. The van der Waals surface area contributed by atoms with Gasteiger partial charge in [-0.25, -0.2) is 13.2 Å². The number of para-hydroxylation sites is 1. The van der Waals surface area contributed by atoms with Gasteiger partial charge in [0, 0.05) is 5.69 Å². The first kappa shape index (κ1) is 21.3. The summed E-state index contributed by atoms with van der Waals surface area (Å²) in [5, 5.41) is 10.7. The summed E-state index contributed by atoms with van der Waals surface area (Å²) in [6.07, 6.45) is 0. The fraction of sp³-hybridized carbons (Fsp3) is 0.0833. The Hall–Kier alpha value is -3.91. The third kappa shape index (κ3) is 3.54.